The van der Waals surface area contributed by atoms with Crippen LogP contribution < -0.4 is 4.74 Å². The molecule has 0 bridgehead atoms. The molecular weight excluding hydrogens is 224 g/mol. The molecule has 0 N–H and O–H groups in total. The van der Waals surface area contributed by atoms with Gasteiger partial charge in [0.15, 0.2) is 0 Å². The maximum atomic E-state index is 5.48. The van der Waals surface area contributed by atoms with Crippen molar-refractivity contribution in [2.45, 2.75) is 32.6 Å². The Labute approximate surface area is 110 Å². The maximum Gasteiger partial charge on any atom is 0.118 e. The van der Waals surface area contributed by atoms with Gasteiger partial charge in [0.2, 0.25) is 0 Å². The Morgan fingerprint density at radius 1 is 1.11 bits per heavy atom. The predicted octanol–water partition coefficient (Wildman–Crippen LogP) is 3.86. The molecule has 1 unspecified atom stereocenters. The summed E-state index contributed by atoms with van der Waals surface area (Å²) in [5.41, 5.74) is 1.44. The van der Waals surface area contributed by atoms with Gasteiger partial charge in [-0.25, -0.2) is 0 Å². The summed E-state index contributed by atoms with van der Waals surface area (Å²) in [6.45, 7) is 6.49. The van der Waals surface area contributed by atoms with Crippen LogP contribution in [0.15, 0.2) is 24.3 Å². The third-order valence-corrected chi connectivity index (χ3v) is 3.99. The van der Waals surface area contributed by atoms with Crippen molar-refractivity contribution in [3.8, 4) is 5.75 Å². The lowest BCUT2D eigenvalue weighted by Gasteiger charge is -2.33. The highest BCUT2D eigenvalue weighted by molar-refractivity contribution is 5.30. The minimum atomic E-state index is 0.639. The smallest absolute Gasteiger partial charge is 0.118 e. The number of hydrogen-bond acceptors (Lipinski definition) is 2. The average molecular weight is 248 g/mol. The van der Waals surface area contributed by atoms with Gasteiger partial charge in [0.05, 0.1) is 7.11 Å². The van der Waals surface area contributed by atoms with E-state index in [1.807, 2.05) is 0 Å². The first-order chi connectivity index (χ1) is 8.72. The Morgan fingerprint density at radius 2 is 1.72 bits per heavy atom. The topological polar surface area (TPSA) is 18.5 Å². The van der Waals surface area contributed by atoms with Gasteiger partial charge in [-0.1, -0.05) is 26.0 Å². The van der Waals surface area contributed by atoms with Gasteiger partial charge in [0.25, 0.3) is 0 Å². The summed E-state index contributed by atoms with van der Waals surface area (Å²) in [6, 6.07) is 8.59. The van der Waals surface area contributed by atoms with Crippen molar-refractivity contribution >= 4 is 0 Å². The van der Waals surface area contributed by atoms with Crippen molar-refractivity contribution < 1.29 is 9.47 Å². The Bertz CT molecular complexity index is 350. The maximum absolute atomic E-state index is 5.48. The summed E-state index contributed by atoms with van der Waals surface area (Å²) in [6.07, 6.45) is 2.38. The molecule has 0 saturated carbocycles. The van der Waals surface area contributed by atoms with E-state index in [0.29, 0.717) is 11.8 Å². The van der Waals surface area contributed by atoms with Crippen molar-refractivity contribution in [3.63, 3.8) is 0 Å². The van der Waals surface area contributed by atoms with Gasteiger partial charge in [-0.2, -0.15) is 0 Å². The molecule has 1 aromatic carbocycles. The van der Waals surface area contributed by atoms with E-state index in [4.69, 9.17) is 9.47 Å². The van der Waals surface area contributed by atoms with Gasteiger partial charge in [-0.05, 0) is 48.3 Å². The summed E-state index contributed by atoms with van der Waals surface area (Å²) in [4.78, 5) is 0. The Morgan fingerprint density at radius 3 is 2.22 bits per heavy atom. The van der Waals surface area contributed by atoms with Crippen LogP contribution in [0, 0.1) is 11.8 Å². The molecule has 2 rings (SSSR count). The van der Waals surface area contributed by atoms with Gasteiger partial charge in [0.1, 0.15) is 5.75 Å². The quantitative estimate of drug-likeness (QED) is 0.805. The monoisotopic (exact) mass is 248 g/mol. The Balaban J connectivity index is 2.17. The molecule has 1 aliphatic heterocycles. The molecule has 2 nitrogen and oxygen atoms in total. The van der Waals surface area contributed by atoms with Crippen LogP contribution in [0.4, 0.5) is 0 Å². The minimum Gasteiger partial charge on any atom is -0.497 e. The lowest BCUT2D eigenvalue weighted by molar-refractivity contribution is 0.0522. The number of hydrogen-bond donors (Lipinski definition) is 0. The number of methoxy groups -OCH3 is 1. The normalized spacial score (nSPS) is 18.9. The fourth-order valence-corrected chi connectivity index (χ4v) is 3.10. The summed E-state index contributed by atoms with van der Waals surface area (Å²) >= 11 is 0. The SMILES string of the molecule is COc1ccc(C(C(C)C)C2CCOCC2)cc1. The molecule has 0 amide bonds. The second-order valence-corrected chi connectivity index (χ2v) is 5.49. The fourth-order valence-electron chi connectivity index (χ4n) is 3.10. The number of rotatable bonds is 4. The summed E-state index contributed by atoms with van der Waals surface area (Å²) < 4.78 is 10.7. The molecule has 18 heavy (non-hydrogen) atoms. The first-order valence-corrected chi connectivity index (χ1v) is 6.94. The van der Waals surface area contributed by atoms with E-state index < -0.39 is 0 Å². The van der Waals surface area contributed by atoms with Crippen LogP contribution >= 0.6 is 0 Å². The number of benzene rings is 1. The van der Waals surface area contributed by atoms with Crippen LogP contribution in [-0.2, 0) is 4.74 Å². The highest BCUT2D eigenvalue weighted by Crippen LogP contribution is 2.38. The molecule has 1 atom stereocenters. The van der Waals surface area contributed by atoms with Gasteiger partial charge < -0.3 is 9.47 Å². The van der Waals surface area contributed by atoms with Crippen LogP contribution in [0.3, 0.4) is 0 Å². The van der Waals surface area contributed by atoms with Crippen LogP contribution in [0.25, 0.3) is 0 Å². The molecule has 0 aromatic heterocycles. The predicted molar refractivity (Wildman–Crippen MR) is 74.1 cm³/mol. The minimum absolute atomic E-state index is 0.639. The van der Waals surface area contributed by atoms with Crippen LogP contribution in [0.5, 0.6) is 5.75 Å². The number of ether oxygens (including phenoxy) is 2. The highest BCUT2D eigenvalue weighted by Gasteiger charge is 2.27. The second kappa shape index (κ2) is 6.24. The van der Waals surface area contributed by atoms with E-state index in [1.54, 1.807) is 7.11 Å². The van der Waals surface area contributed by atoms with E-state index >= 15 is 0 Å². The summed E-state index contributed by atoms with van der Waals surface area (Å²) in [5.74, 6) is 3.00. The first-order valence-electron chi connectivity index (χ1n) is 6.94. The zero-order valence-corrected chi connectivity index (χ0v) is 11.7. The lowest BCUT2D eigenvalue weighted by Crippen LogP contribution is -2.25. The molecule has 1 saturated heterocycles. The molecular formula is C16H24O2. The van der Waals surface area contributed by atoms with E-state index in [2.05, 4.69) is 38.1 Å². The van der Waals surface area contributed by atoms with Gasteiger partial charge in [-0.3, -0.25) is 0 Å². The zero-order valence-electron chi connectivity index (χ0n) is 11.7. The standard InChI is InChI=1S/C16H24O2/c1-12(2)16(14-8-10-18-11-9-14)13-4-6-15(17-3)7-5-13/h4-7,12,14,16H,8-11H2,1-3H3. The highest BCUT2D eigenvalue weighted by atomic mass is 16.5. The van der Waals surface area contributed by atoms with Crippen LogP contribution in [0.1, 0.15) is 38.2 Å². The molecule has 2 heteroatoms. The molecule has 100 valence electrons. The molecule has 0 aliphatic carbocycles. The summed E-state index contributed by atoms with van der Waals surface area (Å²) in [7, 11) is 1.72. The average Bonchev–Trinajstić information content (AvgIpc) is 2.40. The van der Waals surface area contributed by atoms with Crippen LogP contribution in [-0.4, -0.2) is 20.3 Å². The van der Waals surface area contributed by atoms with Crippen molar-refractivity contribution in [1.29, 1.82) is 0 Å². The van der Waals surface area contributed by atoms with E-state index in [9.17, 15) is 0 Å². The fraction of sp³-hybridized carbons (Fsp3) is 0.625. The molecule has 1 heterocycles. The molecule has 0 radical (unpaired) electrons. The van der Waals surface area contributed by atoms with Gasteiger partial charge in [-0.15, -0.1) is 0 Å². The van der Waals surface area contributed by atoms with Gasteiger partial charge >= 0.3 is 0 Å². The van der Waals surface area contributed by atoms with Crippen molar-refractivity contribution in [3.05, 3.63) is 29.8 Å². The molecule has 1 aromatic rings. The first kappa shape index (κ1) is 13.4. The van der Waals surface area contributed by atoms with Crippen molar-refractivity contribution in [1.82, 2.24) is 0 Å². The van der Waals surface area contributed by atoms with Crippen molar-refractivity contribution in [2.24, 2.45) is 11.8 Å². The second-order valence-electron chi connectivity index (χ2n) is 5.49. The summed E-state index contributed by atoms with van der Waals surface area (Å²) in [5, 5.41) is 0. The third-order valence-electron chi connectivity index (χ3n) is 3.99. The Kier molecular flexibility index (Phi) is 4.65. The molecule has 1 fully saturated rings. The molecule has 1 aliphatic rings. The van der Waals surface area contributed by atoms with Crippen LogP contribution in [0.2, 0.25) is 0 Å². The third kappa shape index (κ3) is 3.05. The van der Waals surface area contributed by atoms with Crippen molar-refractivity contribution in [2.75, 3.05) is 20.3 Å². The largest absolute Gasteiger partial charge is 0.497 e. The molecule has 0 spiro atoms. The Hall–Kier alpha value is -1.02. The van der Waals surface area contributed by atoms with E-state index in [1.165, 1.54) is 18.4 Å². The van der Waals surface area contributed by atoms with E-state index in [0.717, 1.165) is 24.9 Å². The van der Waals surface area contributed by atoms with Gasteiger partial charge in [0, 0.05) is 13.2 Å². The lowest BCUT2D eigenvalue weighted by atomic mass is 9.75. The van der Waals surface area contributed by atoms with E-state index in [-0.39, 0.29) is 0 Å². The zero-order chi connectivity index (χ0) is 13.0.